The number of nitro benzene ring substituents is 1. The van der Waals surface area contributed by atoms with Crippen LogP contribution in [0.25, 0.3) is 20.8 Å². The highest BCUT2D eigenvalue weighted by Gasteiger charge is 2.23. The van der Waals surface area contributed by atoms with Gasteiger partial charge in [0.1, 0.15) is 10.7 Å². The van der Waals surface area contributed by atoms with Crippen molar-refractivity contribution in [3.8, 4) is 10.6 Å². The summed E-state index contributed by atoms with van der Waals surface area (Å²) >= 11 is 13.4. The summed E-state index contributed by atoms with van der Waals surface area (Å²) in [6, 6.07) is 17.5. The van der Waals surface area contributed by atoms with Crippen LogP contribution in [0.1, 0.15) is 10.4 Å². The Labute approximate surface area is 226 Å². The molecule has 1 aromatic heterocycles. The van der Waals surface area contributed by atoms with Crippen molar-refractivity contribution in [3.05, 3.63) is 81.4 Å². The second kappa shape index (κ2) is 10.8. The average molecular weight is 554 g/mol. The van der Waals surface area contributed by atoms with E-state index in [2.05, 4.69) is 15.6 Å². The van der Waals surface area contributed by atoms with E-state index >= 15 is 0 Å². The highest BCUT2D eigenvalue weighted by molar-refractivity contribution is 7.80. The van der Waals surface area contributed by atoms with E-state index in [-0.39, 0.29) is 16.4 Å². The van der Waals surface area contributed by atoms with Gasteiger partial charge in [-0.25, -0.2) is 4.98 Å². The van der Waals surface area contributed by atoms with Gasteiger partial charge in [-0.3, -0.25) is 20.2 Å². The standard InChI is InChI=1S/C25H20ClN5O4S2/c26-18-14-16(6-7-17(18)24-28-19-3-1-2-4-22(19)37-24)27-25(36)29-23(32)15-5-8-20(21(13-15)31(33)34)30-9-11-35-12-10-30/h1-8,13-14H,9-12H2,(H2,27,29,32,36). The Morgan fingerprint density at radius 3 is 2.65 bits per heavy atom. The number of amides is 1. The number of morpholine rings is 1. The zero-order valence-electron chi connectivity index (χ0n) is 19.3. The number of benzene rings is 3. The Hall–Kier alpha value is -3.64. The molecular weight excluding hydrogens is 534 g/mol. The number of rotatable bonds is 5. The van der Waals surface area contributed by atoms with E-state index in [9.17, 15) is 14.9 Å². The third kappa shape index (κ3) is 5.54. The predicted molar refractivity (Wildman–Crippen MR) is 150 cm³/mol. The first kappa shape index (κ1) is 25.0. The van der Waals surface area contributed by atoms with Crippen molar-refractivity contribution in [2.75, 3.05) is 36.5 Å². The lowest BCUT2D eigenvalue weighted by Crippen LogP contribution is -2.37. The number of aromatic nitrogens is 1. The van der Waals surface area contributed by atoms with Crippen LogP contribution in [-0.2, 0) is 4.74 Å². The van der Waals surface area contributed by atoms with E-state index in [0.29, 0.717) is 42.7 Å². The monoisotopic (exact) mass is 553 g/mol. The molecule has 1 fully saturated rings. The van der Waals surface area contributed by atoms with Gasteiger partial charge < -0.3 is 15.0 Å². The van der Waals surface area contributed by atoms with Crippen LogP contribution in [0.2, 0.25) is 5.02 Å². The van der Waals surface area contributed by atoms with Crippen molar-refractivity contribution < 1.29 is 14.5 Å². The topological polar surface area (TPSA) is 110 Å². The molecule has 5 rings (SSSR count). The lowest BCUT2D eigenvalue weighted by atomic mass is 10.1. The molecule has 0 bridgehead atoms. The Morgan fingerprint density at radius 2 is 1.92 bits per heavy atom. The lowest BCUT2D eigenvalue weighted by molar-refractivity contribution is -0.384. The van der Waals surface area contributed by atoms with Gasteiger partial charge in [-0.15, -0.1) is 11.3 Å². The number of thiazole rings is 1. The molecule has 0 saturated carbocycles. The summed E-state index contributed by atoms with van der Waals surface area (Å²) < 4.78 is 6.38. The molecule has 3 aromatic carbocycles. The largest absolute Gasteiger partial charge is 0.378 e. The smallest absolute Gasteiger partial charge is 0.293 e. The van der Waals surface area contributed by atoms with Gasteiger partial charge in [0.25, 0.3) is 11.6 Å². The first-order valence-electron chi connectivity index (χ1n) is 11.3. The molecule has 0 atom stereocenters. The summed E-state index contributed by atoms with van der Waals surface area (Å²) in [6.45, 7) is 2.07. The van der Waals surface area contributed by atoms with Crippen LogP contribution >= 0.6 is 35.2 Å². The van der Waals surface area contributed by atoms with Gasteiger partial charge in [0, 0.05) is 36.0 Å². The maximum absolute atomic E-state index is 12.8. The maximum atomic E-state index is 12.8. The van der Waals surface area contributed by atoms with Gasteiger partial charge >= 0.3 is 0 Å². The molecule has 188 valence electrons. The van der Waals surface area contributed by atoms with E-state index in [1.54, 1.807) is 35.6 Å². The summed E-state index contributed by atoms with van der Waals surface area (Å²) in [5.41, 5.74) is 2.70. The predicted octanol–water partition coefficient (Wildman–Crippen LogP) is 5.49. The van der Waals surface area contributed by atoms with Gasteiger partial charge in [0.2, 0.25) is 0 Å². The number of carbonyl (C=O) groups is 1. The molecule has 1 amide bonds. The number of fused-ring (bicyclic) bond motifs is 1. The van der Waals surface area contributed by atoms with Crippen LogP contribution in [0, 0.1) is 10.1 Å². The first-order valence-corrected chi connectivity index (χ1v) is 12.9. The fourth-order valence-corrected chi connectivity index (χ4v) is 5.52. The van der Waals surface area contributed by atoms with Crippen LogP contribution in [0.5, 0.6) is 0 Å². The molecular formula is C25H20ClN5O4S2. The molecule has 12 heteroatoms. The van der Waals surface area contributed by atoms with Gasteiger partial charge in [-0.2, -0.15) is 0 Å². The molecule has 1 saturated heterocycles. The Balaban J connectivity index is 1.27. The molecule has 0 radical (unpaired) electrons. The first-order chi connectivity index (χ1) is 17.9. The Kier molecular flexibility index (Phi) is 7.28. The third-order valence-electron chi connectivity index (χ3n) is 5.76. The summed E-state index contributed by atoms with van der Waals surface area (Å²) in [5, 5.41) is 18.5. The highest BCUT2D eigenvalue weighted by atomic mass is 35.5. The number of carbonyl (C=O) groups excluding carboxylic acids is 1. The average Bonchev–Trinajstić information content (AvgIpc) is 3.32. The van der Waals surface area contributed by atoms with E-state index in [0.717, 1.165) is 20.8 Å². The molecule has 1 aliphatic rings. The Morgan fingerprint density at radius 1 is 1.14 bits per heavy atom. The fourth-order valence-electron chi connectivity index (χ4n) is 3.97. The molecule has 0 spiro atoms. The molecule has 0 unspecified atom stereocenters. The summed E-state index contributed by atoms with van der Waals surface area (Å²) in [5.74, 6) is -0.564. The number of hydrogen-bond donors (Lipinski definition) is 2. The second-order valence-corrected chi connectivity index (χ2v) is 10.00. The van der Waals surface area contributed by atoms with Crippen LogP contribution in [-0.4, -0.2) is 47.2 Å². The van der Waals surface area contributed by atoms with Crippen molar-refractivity contribution in [2.45, 2.75) is 0 Å². The van der Waals surface area contributed by atoms with Crippen molar-refractivity contribution in [1.29, 1.82) is 0 Å². The normalized spacial score (nSPS) is 13.4. The molecule has 9 nitrogen and oxygen atoms in total. The van der Waals surface area contributed by atoms with E-state index in [4.69, 9.17) is 28.6 Å². The van der Waals surface area contributed by atoms with Crippen molar-refractivity contribution >= 4 is 73.5 Å². The van der Waals surface area contributed by atoms with Crippen molar-refractivity contribution in [1.82, 2.24) is 10.3 Å². The molecule has 2 N–H and O–H groups in total. The number of nitro groups is 1. The number of hydrogen-bond acceptors (Lipinski definition) is 8. The number of ether oxygens (including phenoxy) is 1. The highest BCUT2D eigenvalue weighted by Crippen LogP contribution is 2.35. The minimum absolute atomic E-state index is 0.0358. The number of thiocarbonyl (C=S) groups is 1. The minimum Gasteiger partial charge on any atom is -0.378 e. The second-order valence-electron chi connectivity index (χ2n) is 8.15. The fraction of sp³-hybridized carbons (Fsp3) is 0.160. The van der Waals surface area contributed by atoms with Crippen LogP contribution in [0.3, 0.4) is 0 Å². The van der Waals surface area contributed by atoms with Gasteiger partial charge in [0.15, 0.2) is 5.11 Å². The quantitative estimate of drug-likeness (QED) is 0.190. The van der Waals surface area contributed by atoms with Gasteiger partial charge in [-0.1, -0.05) is 23.7 Å². The number of nitrogens with zero attached hydrogens (tertiary/aromatic N) is 3. The molecule has 0 aliphatic carbocycles. The van der Waals surface area contributed by atoms with Gasteiger partial charge in [-0.05, 0) is 54.7 Å². The molecule has 4 aromatic rings. The van der Waals surface area contributed by atoms with Crippen LogP contribution in [0.4, 0.5) is 17.1 Å². The zero-order chi connectivity index (χ0) is 25.9. The number of halogens is 1. The maximum Gasteiger partial charge on any atom is 0.293 e. The molecule has 2 heterocycles. The zero-order valence-corrected chi connectivity index (χ0v) is 21.7. The van der Waals surface area contributed by atoms with E-state index < -0.39 is 10.8 Å². The van der Waals surface area contributed by atoms with E-state index in [1.165, 1.54) is 6.07 Å². The summed E-state index contributed by atoms with van der Waals surface area (Å²) in [6.07, 6.45) is 0. The number of anilines is 2. The van der Waals surface area contributed by atoms with Crippen molar-refractivity contribution in [3.63, 3.8) is 0 Å². The summed E-state index contributed by atoms with van der Waals surface area (Å²) in [7, 11) is 0. The van der Waals surface area contributed by atoms with Crippen LogP contribution < -0.4 is 15.5 Å². The number of nitrogens with one attached hydrogen (secondary N) is 2. The minimum atomic E-state index is -0.564. The van der Waals surface area contributed by atoms with Gasteiger partial charge in [0.05, 0.1) is 33.4 Å². The Bertz CT molecular complexity index is 1490. The third-order valence-corrected chi connectivity index (χ3v) is 7.35. The van der Waals surface area contributed by atoms with Crippen molar-refractivity contribution in [2.24, 2.45) is 0 Å². The molecule has 37 heavy (non-hydrogen) atoms. The van der Waals surface area contributed by atoms with Crippen LogP contribution in [0.15, 0.2) is 60.7 Å². The lowest BCUT2D eigenvalue weighted by Gasteiger charge is -2.28. The molecule has 1 aliphatic heterocycles. The SMILES string of the molecule is O=C(NC(=S)Nc1ccc(-c2nc3ccccc3s2)c(Cl)c1)c1ccc(N2CCOCC2)c([N+](=O)[O-])c1. The van der Waals surface area contributed by atoms with E-state index in [1.807, 2.05) is 35.2 Å². The number of para-hydroxylation sites is 1. The summed E-state index contributed by atoms with van der Waals surface area (Å²) in [4.78, 5) is 30.5.